The van der Waals surface area contributed by atoms with Crippen LogP contribution in [0.1, 0.15) is 13.3 Å². The van der Waals surface area contributed by atoms with E-state index in [1.165, 1.54) is 0 Å². The fourth-order valence-corrected chi connectivity index (χ4v) is 1.69. The van der Waals surface area contributed by atoms with Gasteiger partial charge < -0.3 is 21.4 Å². The van der Waals surface area contributed by atoms with Crippen molar-refractivity contribution in [1.29, 1.82) is 0 Å². The number of carbonyl (C=O) groups excluding carboxylic acids is 1. The predicted molar refractivity (Wildman–Crippen MR) is 72.3 cm³/mol. The number of H-pyrrole nitrogens is 1. The van der Waals surface area contributed by atoms with Crippen LogP contribution >= 0.6 is 0 Å². The summed E-state index contributed by atoms with van der Waals surface area (Å²) in [6.45, 7) is 3.10. The number of hydrogen-bond donors (Lipinski definition) is 4. The highest BCUT2D eigenvalue weighted by atomic mass is 16.1. The number of imidazole rings is 1. The number of rotatable bonds is 5. The molecule has 0 radical (unpaired) electrons. The maximum atomic E-state index is 11.3. The summed E-state index contributed by atoms with van der Waals surface area (Å²) in [4.78, 5) is 18.7. The van der Waals surface area contributed by atoms with Crippen molar-refractivity contribution in [2.75, 3.05) is 24.1 Å². The molecule has 5 N–H and O–H groups in total. The smallest absolute Gasteiger partial charge is 0.221 e. The summed E-state index contributed by atoms with van der Waals surface area (Å²) in [6.07, 6.45) is 0.424. The second-order valence-corrected chi connectivity index (χ2v) is 3.99. The first-order valence-corrected chi connectivity index (χ1v) is 5.95. The largest absolute Gasteiger partial charge is 0.399 e. The zero-order valence-electron chi connectivity index (χ0n) is 10.3. The maximum absolute atomic E-state index is 11.3. The maximum Gasteiger partial charge on any atom is 0.221 e. The highest BCUT2D eigenvalue weighted by Gasteiger charge is 2.03. The monoisotopic (exact) mass is 247 g/mol. The summed E-state index contributed by atoms with van der Waals surface area (Å²) in [5.41, 5.74) is 8.12. The number of nitrogens with zero attached hydrogens (tertiary/aromatic N) is 1. The van der Waals surface area contributed by atoms with E-state index in [1.807, 2.05) is 25.1 Å². The summed E-state index contributed by atoms with van der Waals surface area (Å²) in [6, 6.07) is 5.50. The minimum absolute atomic E-state index is 0.0327. The van der Waals surface area contributed by atoms with Gasteiger partial charge in [-0.3, -0.25) is 4.79 Å². The van der Waals surface area contributed by atoms with Gasteiger partial charge in [0.25, 0.3) is 0 Å². The highest BCUT2D eigenvalue weighted by molar-refractivity contribution is 5.81. The molecular formula is C12H17N5O. The topological polar surface area (TPSA) is 95.8 Å². The lowest BCUT2D eigenvalue weighted by Gasteiger charge is -2.02. The van der Waals surface area contributed by atoms with Gasteiger partial charge in [-0.1, -0.05) is 0 Å². The van der Waals surface area contributed by atoms with Crippen molar-refractivity contribution >= 4 is 28.6 Å². The van der Waals surface area contributed by atoms with Crippen LogP contribution < -0.4 is 16.4 Å². The third-order valence-electron chi connectivity index (χ3n) is 2.52. The van der Waals surface area contributed by atoms with E-state index < -0.39 is 0 Å². The molecule has 1 heterocycles. The van der Waals surface area contributed by atoms with Crippen molar-refractivity contribution in [3.8, 4) is 0 Å². The molecule has 1 aromatic heterocycles. The number of nitrogen functional groups attached to an aromatic ring is 1. The Labute approximate surface area is 105 Å². The molecule has 0 saturated carbocycles. The van der Waals surface area contributed by atoms with Gasteiger partial charge in [0.2, 0.25) is 11.9 Å². The number of carbonyl (C=O) groups is 1. The average Bonchev–Trinajstić information content (AvgIpc) is 2.71. The molecule has 2 aromatic rings. The van der Waals surface area contributed by atoms with Crippen LogP contribution in [-0.2, 0) is 4.79 Å². The van der Waals surface area contributed by atoms with Crippen molar-refractivity contribution in [2.45, 2.75) is 13.3 Å². The Kier molecular flexibility index (Phi) is 3.66. The van der Waals surface area contributed by atoms with Gasteiger partial charge in [-0.2, -0.15) is 0 Å². The highest BCUT2D eigenvalue weighted by Crippen LogP contribution is 2.16. The van der Waals surface area contributed by atoms with Gasteiger partial charge in [0.05, 0.1) is 11.0 Å². The molecule has 96 valence electrons. The molecule has 0 aliphatic carbocycles. The fraction of sp³-hybridized carbons (Fsp3) is 0.333. The number of fused-ring (bicyclic) bond motifs is 1. The summed E-state index contributed by atoms with van der Waals surface area (Å²) in [5, 5.41) is 5.81. The van der Waals surface area contributed by atoms with Crippen molar-refractivity contribution in [2.24, 2.45) is 0 Å². The van der Waals surface area contributed by atoms with Crippen LogP contribution in [0, 0.1) is 0 Å². The number of nitrogens with two attached hydrogens (primary N) is 1. The van der Waals surface area contributed by atoms with E-state index in [4.69, 9.17) is 5.73 Å². The van der Waals surface area contributed by atoms with Gasteiger partial charge >= 0.3 is 0 Å². The summed E-state index contributed by atoms with van der Waals surface area (Å²) < 4.78 is 0. The Balaban J connectivity index is 1.94. The lowest BCUT2D eigenvalue weighted by molar-refractivity contribution is -0.120. The van der Waals surface area contributed by atoms with Gasteiger partial charge in [-0.05, 0) is 25.1 Å². The molecule has 0 atom stereocenters. The Morgan fingerprint density at radius 3 is 3.11 bits per heavy atom. The molecule has 0 aliphatic rings. The van der Waals surface area contributed by atoms with Crippen molar-refractivity contribution < 1.29 is 4.79 Å². The molecule has 0 unspecified atom stereocenters. The van der Waals surface area contributed by atoms with Crippen LogP contribution in [0.15, 0.2) is 18.2 Å². The minimum atomic E-state index is 0.0327. The van der Waals surface area contributed by atoms with Crippen LogP contribution in [0.4, 0.5) is 11.6 Å². The molecule has 2 rings (SSSR count). The number of amides is 1. The molecule has 0 fully saturated rings. The molecule has 0 spiro atoms. The van der Waals surface area contributed by atoms with E-state index in [2.05, 4.69) is 20.6 Å². The molecule has 18 heavy (non-hydrogen) atoms. The van der Waals surface area contributed by atoms with E-state index in [0.717, 1.165) is 11.0 Å². The molecule has 6 heteroatoms. The Morgan fingerprint density at radius 1 is 1.50 bits per heavy atom. The van der Waals surface area contributed by atoms with Crippen molar-refractivity contribution in [3.05, 3.63) is 18.2 Å². The van der Waals surface area contributed by atoms with Gasteiger partial charge in [-0.25, -0.2) is 4.98 Å². The number of hydrogen-bond acceptors (Lipinski definition) is 4. The van der Waals surface area contributed by atoms with Gasteiger partial charge in [-0.15, -0.1) is 0 Å². The van der Waals surface area contributed by atoms with Gasteiger partial charge in [0.1, 0.15) is 0 Å². The van der Waals surface area contributed by atoms with Crippen molar-refractivity contribution in [1.82, 2.24) is 15.3 Å². The SMILES string of the molecule is CCNC(=O)CCNc1nc2ccc(N)cc2[nH]1. The zero-order chi connectivity index (χ0) is 13.0. The molecule has 0 saturated heterocycles. The predicted octanol–water partition coefficient (Wildman–Crippen LogP) is 1.08. The van der Waals surface area contributed by atoms with Crippen LogP contribution in [0.5, 0.6) is 0 Å². The number of anilines is 2. The van der Waals surface area contributed by atoms with Crippen LogP contribution in [-0.4, -0.2) is 29.0 Å². The van der Waals surface area contributed by atoms with Gasteiger partial charge in [0.15, 0.2) is 0 Å². The molecule has 6 nitrogen and oxygen atoms in total. The Hall–Kier alpha value is -2.24. The minimum Gasteiger partial charge on any atom is -0.399 e. The zero-order valence-corrected chi connectivity index (χ0v) is 10.3. The lowest BCUT2D eigenvalue weighted by atomic mass is 10.3. The third-order valence-corrected chi connectivity index (χ3v) is 2.52. The Bertz CT molecular complexity index is 548. The molecule has 1 amide bonds. The number of benzene rings is 1. The van der Waals surface area contributed by atoms with Gasteiger partial charge in [0, 0.05) is 25.2 Å². The molecular weight excluding hydrogens is 230 g/mol. The second kappa shape index (κ2) is 5.39. The third kappa shape index (κ3) is 2.91. The van der Waals surface area contributed by atoms with E-state index in [9.17, 15) is 4.79 Å². The van der Waals surface area contributed by atoms with Crippen molar-refractivity contribution in [3.63, 3.8) is 0 Å². The molecule has 0 bridgehead atoms. The van der Waals surface area contributed by atoms with Crippen LogP contribution in [0.3, 0.4) is 0 Å². The van der Waals surface area contributed by atoms with E-state index in [-0.39, 0.29) is 5.91 Å². The number of nitrogens with one attached hydrogen (secondary N) is 3. The van der Waals surface area contributed by atoms with E-state index in [0.29, 0.717) is 31.1 Å². The normalized spacial score (nSPS) is 10.5. The quantitative estimate of drug-likeness (QED) is 0.594. The molecule has 0 aliphatic heterocycles. The van der Waals surface area contributed by atoms with Crippen LogP contribution in [0.25, 0.3) is 11.0 Å². The Morgan fingerprint density at radius 2 is 2.33 bits per heavy atom. The van der Waals surface area contributed by atoms with E-state index in [1.54, 1.807) is 0 Å². The summed E-state index contributed by atoms with van der Waals surface area (Å²) in [7, 11) is 0. The first-order chi connectivity index (χ1) is 8.69. The summed E-state index contributed by atoms with van der Waals surface area (Å²) in [5.74, 6) is 0.685. The van der Waals surface area contributed by atoms with Crippen LogP contribution in [0.2, 0.25) is 0 Å². The number of aromatic amines is 1. The summed E-state index contributed by atoms with van der Waals surface area (Å²) >= 11 is 0. The standard InChI is InChI=1S/C12H17N5O/c1-2-14-11(18)5-6-15-12-16-9-4-3-8(13)7-10(9)17-12/h3-4,7H,2,5-6,13H2,1H3,(H,14,18)(H2,15,16,17). The first kappa shape index (κ1) is 12.2. The molecule has 1 aromatic carbocycles. The average molecular weight is 247 g/mol. The fourth-order valence-electron chi connectivity index (χ4n) is 1.69. The second-order valence-electron chi connectivity index (χ2n) is 3.99. The lowest BCUT2D eigenvalue weighted by Crippen LogP contribution is -2.24. The first-order valence-electron chi connectivity index (χ1n) is 5.95. The number of aromatic nitrogens is 2. The van der Waals surface area contributed by atoms with E-state index >= 15 is 0 Å².